The van der Waals surface area contributed by atoms with E-state index in [1.807, 2.05) is 17.5 Å². The molecule has 0 radical (unpaired) electrons. The van der Waals surface area contributed by atoms with Crippen LogP contribution in [0.1, 0.15) is 4.88 Å². The molecule has 0 saturated heterocycles. The molecule has 0 bridgehead atoms. The van der Waals surface area contributed by atoms with E-state index in [4.69, 9.17) is 10.5 Å². The predicted octanol–water partition coefficient (Wildman–Crippen LogP) is 1.31. The van der Waals surface area contributed by atoms with Crippen molar-refractivity contribution < 1.29 is 9.53 Å². The number of carbonyl (C=O) groups is 1. The quantitative estimate of drug-likeness (QED) is 0.813. The molecular weight excluding hydrogens is 238 g/mol. The van der Waals surface area contributed by atoms with Crippen molar-refractivity contribution >= 4 is 23.0 Å². The summed E-state index contributed by atoms with van der Waals surface area (Å²) in [5.41, 5.74) is 6.02. The van der Waals surface area contributed by atoms with E-state index in [9.17, 15) is 4.79 Å². The van der Waals surface area contributed by atoms with Crippen LogP contribution in [0.3, 0.4) is 0 Å². The van der Waals surface area contributed by atoms with Crippen molar-refractivity contribution in [1.82, 2.24) is 9.78 Å². The molecule has 2 aromatic heterocycles. The lowest BCUT2D eigenvalue weighted by molar-refractivity contribution is -0.144. The van der Waals surface area contributed by atoms with Gasteiger partial charge in [-0.15, -0.1) is 11.3 Å². The third-order valence-corrected chi connectivity index (χ3v) is 3.07. The Morgan fingerprint density at radius 1 is 1.59 bits per heavy atom. The Bertz CT molecular complexity index is 479. The van der Waals surface area contributed by atoms with Gasteiger partial charge >= 0.3 is 5.97 Å². The number of rotatable bonds is 5. The van der Waals surface area contributed by atoms with Crippen LogP contribution >= 0.6 is 11.3 Å². The smallest absolute Gasteiger partial charge is 0.327 e. The molecule has 0 amide bonds. The van der Waals surface area contributed by atoms with Crippen LogP contribution in [0.5, 0.6) is 0 Å². The van der Waals surface area contributed by atoms with Gasteiger partial charge in [-0.1, -0.05) is 6.07 Å². The maximum Gasteiger partial charge on any atom is 0.327 e. The summed E-state index contributed by atoms with van der Waals surface area (Å²) in [6, 6.07) is 4.00. The molecule has 0 fully saturated rings. The van der Waals surface area contributed by atoms with Crippen molar-refractivity contribution in [2.75, 3.05) is 12.3 Å². The van der Waals surface area contributed by atoms with E-state index in [0.29, 0.717) is 12.3 Å². The van der Waals surface area contributed by atoms with Gasteiger partial charge < -0.3 is 10.5 Å². The first kappa shape index (κ1) is 11.7. The van der Waals surface area contributed by atoms with Crippen molar-refractivity contribution in [3.05, 3.63) is 34.8 Å². The van der Waals surface area contributed by atoms with Gasteiger partial charge in [-0.05, 0) is 11.4 Å². The SMILES string of the molecule is Nc1cnn(CC(=O)OCCc2cccs2)c1. The Hall–Kier alpha value is -1.82. The molecule has 2 rings (SSSR count). The van der Waals surface area contributed by atoms with Crippen LogP contribution in [0.25, 0.3) is 0 Å². The maximum atomic E-state index is 11.4. The van der Waals surface area contributed by atoms with Crippen molar-refractivity contribution in [1.29, 1.82) is 0 Å². The molecule has 0 atom stereocenters. The summed E-state index contributed by atoms with van der Waals surface area (Å²) < 4.78 is 6.56. The van der Waals surface area contributed by atoms with E-state index in [2.05, 4.69) is 5.10 Å². The fraction of sp³-hybridized carbons (Fsp3) is 0.273. The molecule has 0 saturated carbocycles. The largest absolute Gasteiger partial charge is 0.464 e. The third kappa shape index (κ3) is 3.60. The molecule has 0 spiro atoms. The summed E-state index contributed by atoms with van der Waals surface area (Å²) in [4.78, 5) is 12.6. The number of ether oxygens (including phenoxy) is 1. The monoisotopic (exact) mass is 251 g/mol. The summed E-state index contributed by atoms with van der Waals surface area (Å²) in [5, 5.41) is 5.91. The lowest BCUT2D eigenvalue weighted by atomic mass is 10.4. The molecular formula is C11H13N3O2S. The average Bonchev–Trinajstić information content (AvgIpc) is 2.90. The number of hydrogen-bond acceptors (Lipinski definition) is 5. The van der Waals surface area contributed by atoms with Crippen LogP contribution in [0.2, 0.25) is 0 Å². The van der Waals surface area contributed by atoms with Gasteiger partial charge in [-0.2, -0.15) is 5.10 Å². The number of nitrogens with two attached hydrogens (primary N) is 1. The van der Waals surface area contributed by atoms with Gasteiger partial charge in [-0.3, -0.25) is 9.48 Å². The highest BCUT2D eigenvalue weighted by Gasteiger charge is 2.05. The van der Waals surface area contributed by atoms with Gasteiger partial charge in [0.15, 0.2) is 0 Å². The fourth-order valence-electron chi connectivity index (χ4n) is 1.36. The first-order valence-corrected chi connectivity index (χ1v) is 6.08. The molecule has 0 aliphatic carbocycles. The molecule has 2 N–H and O–H groups in total. The second kappa shape index (κ2) is 5.49. The summed E-state index contributed by atoms with van der Waals surface area (Å²) in [6.45, 7) is 0.498. The lowest BCUT2D eigenvalue weighted by Gasteiger charge is -2.03. The molecule has 90 valence electrons. The van der Waals surface area contributed by atoms with Gasteiger partial charge in [0, 0.05) is 17.5 Å². The van der Waals surface area contributed by atoms with Crippen LogP contribution in [0.4, 0.5) is 5.69 Å². The highest BCUT2D eigenvalue weighted by atomic mass is 32.1. The topological polar surface area (TPSA) is 70.1 Å². The van der Waals surface area contributed by atoms with Crippen molar-refractivity contribution in [3.63, 3.8) is 0 Å². The molecule has 0 aliphatic rings. The fourth-order valence-corrected chi connectivity index (χ4v) is 2.05. The van der Waals surface area contributed by atoms with E-state index < -0.39 is 0 Å². The minimum Gasteiger partial charge on any atom is -0.464 e. The summed E-state index contributed by atoms with van der Waals surface area (Å²) in [6.07, 6.45) is 3.85. The van der Waals surface area contributed by atoms with Crippen LogP contribution in [0, 0.1) is 0 Å². The lowest BCUT2D eigenvalue weighted by Crippen LogP contribution is -2.15. The van der Waals surface area contributed by atoms with Gasteiger partial charge in [0.25, 0.3) is 0 Å². The Morgan fingerprint density at radius 2 is 2.47 bits per heavy atom. The second-order valence-electron chi connectivity index (χ2n) is 3.52. The van der Waals surface area contributed by atoms with E-state index in [1.54, 1.807) is 17.5 Å². The molecule has 0 aliphatic heterocycles. The van der Waals surface area contributed by atoms with Gasteiger partial charge in [0.2, 0.25) is 0 Å². The number of aromatic nitrogens is 2. The van der Waals surface area contributed by atoms with Crippen LogP contribution in [0.15, 0.2) is 29.9 Å². The number of nitrogen functional groups attached to an aromatic ring is 1. The van der Waals surface area contributed by atoms with Gasteiger partial charge in [0.05, 0.1) is 18.5 Å². The van der Waals surface area contributed by atoms with Crippen LogP contribution in [-0.4, -0.2) is 22.4 Å². The Labute approximate surface area is 103 Å². The Kier molecular flexibility index (Phi) is 3.77. The second-order valence-corrected chi connectivity index (χ2v) is 4.55. The minimum atomic E-state index is -0.301. The van der Waals surface area contributed by atoms with E-state index in [0.717, 1.165) is 6.42 Å². The molecule has 0 unspecified atom stereocenters. The predicted molar refractivity (Wildman–Crippen MR) is 65.6 cm³/mol. The third-order valence-electron chi connectivity index (χ3n) is 2.14. The van der Waals surface area contributed by atoms with Crippen LogP contribution < -0.4 is 5.73 Å². The summed E-state index contributed by atoms with van der Waals surface area (Å²) in [5.74, 6) is -0.301. The molecule has 6 heteroatoms. The summed E-state index contributed by atoms with van der Waals surface area (Å²) >= 11 is 1.66. The number of nitrogens with zero attached hydrogens (tertiary/aromatic N) is 2. The zero-order chi connectivity index (χ0) is 12.1. The number of anilines is 1. The molecule has 2 heterocycles. The zero-order valence-electron chi connectivity index (χ0n) is 9.20. The van der Waals surface area contributed by atoms with Gasteiger partial charge in [0.1, 0.15) is 6.54 Å². The molecule has 5 nitrogen and oxygen atoms in total. The number of esters is 1. The van der Waals surface area contributed by atoms with Gasteiger partial charge in [-0.25, -0.2) is 0 Å². The molecule has 2 aromatic rings. The molecule has 0 aromatic carbocycles. The molecule has 17 heavy (non-hydrogen) atoms. The normalized spacial score (nSPS) is 10.4. The Morgan fingerprint density at radius 3 is 3.12 bits per heavy atom. The minimum absolute atomic E-state index is 0.0988. The highest BCUT2D eigenvalue weighted by molar-refractivity contribution is 7.09. The van der Waals surface area contributed by atoms with Crippen molar-refractivity contribution in [2.24, 2.45) is 0 Å². The summed E-state index contributed by atoms with van der Waals surface area (Å²) in [7, 11) is 0. The number of thiophene rings is 1. The maximum absolute atomic E-state index is 11.4. The highest BCUT2D eigenvalue weighted by Crippen LogP contribution is 2.09. The number of carbonyl (C=O) groups excluding carboxylic acids is 1. The van der Waals surface area contributed by atoms with Crippen molar-refractivity contribution in [3.8, 4) is 0 Å². The zero-order valence-corrected chi connectivity index (χ0v) is 10.0. The number of hydrogen-bond donors (Lipinski definition) is 1. The first-order chi connectivity index (χ1) is 8.24. The average molecular weight is 251 g/mol. The standard InChI is InChI=1S/C11H13N3O2S/c12-9-6-13-14(7-9)8-11(15)16-4-3-10-2-1-5-17-10/h1-2,5-7H,3-4,8,12H2. The first-order valence-electron chi connectivity index (χ1n) is 5.20. The van der Waals surface area contributed by atoms with E-state index in [-0.39, 0.29) is 12.5 Å². The Balaban J connectivity index is 1.71. The van der Waals surface area contributed by atoms with Crippen LogP contribution in [-0.2, 0) is 22.5 Å². The van der Waals surface area contributed by atoms with E-state index in [1.165, 1.54) is 15.8 Å². The van der Waals surface area contributed by atoms with E-state index >= 15 is 0 Å². The van der Waals surface area contributed by atoms with Crippen molar-refractivity contribution in [2.45, 2.75) is 13.0 Å².